The summed E-state index contributed by atoms with van der Waals surface area (Å²) in [4.78, 5) is 15.0. The number of Topliss-reactive ketones (excluding diaryl/α,β-unsaturated/α-hetero) is 1. The highest BCUT2D eigenvalue weighted by molar-refractivity contribution is 7.85. The van der Waals surface area contributed by atoms with E-state index < -0.39 is 10.1 Å². The third-order valence-corrected chi connectivity index (χ3v) is 3.24. The number of benzene rings is 1. The summed E-state index contributed by atoms with van der Waals surface area (Å²) in [5, 5.41) is 1.10. The molecule has 0 fully saturated rings. The molecular weight excluding hydrogens is 242 g/mol. The van der Waals surface area contributed by atoms with E-state index in [0.29, 0.717) is 10.8 Å². The maximum absolute atomic E-state index is 11.4. The van der Waals surface area contributed by atoms with Crippen LogP contribution < -0.4 is 0 Å². The van der Waals surface area contributed by atoms with Crippen LogP contribution in [0.5, 0.6) is 0 Å². The summed E-state index contributed by atoms with van der Waals surface area (Å²) in [6.45, 7) is 1.33. The molecule has 2 aromatic rings. The van der Waals surface area contributed by atoms with E-state index in [-0.39, 0.29) is 16.2 Å². The first-order chi connectivity index (χ1) is 7.89. The van der Waals surface area contributed by atoms with Gasteiger partial charge in [-0.1, -0.05) is 0 Å². The number of ketones is 1. The fraction of sp³-hybridized carbons (Fsp3) is 0.0909. The van der Waals surface area contributed by atoms with Crippen LogP contribution in [0.3, 0.4) is 0 Å². The number of fused-ring (bicyclic) bond motifs is 1. The molecule has 17 heavy (non-hydrogen) atoms. The minimum Gasteiger partial charge on any atom is -0.294 e. The molecular formula is C11H9NO4S. The lowest BCUT2D eigenvalue weighted by Gasteiger charge is -2.05. The molecule has 0 amide bonds. The molecule has 0 atom stereocenters. The van der Waals surface area contributed by atoms with E-state index in [1.807, 2.05) is 0 Å². The largest absolute Gasteiger partial charge is 0.294 e. The van der Waals surface area contributed by atoms with Crippen LogP contribution in [0.4, 0.5) is 0 Å². The average molecular weight is 251 g/mol. The van der Waals surface area contributed by atoms with Gasteiger partial charge in [0.25, 0.3) is 10.1 Å². The molecule has 0 saturated carbocycles. The van der Waals surface area contributed by atoms with Crippen molar-refractivity contribution < 1.29 is 17.8 Å². The zero-order valence-electron chi connectivity index (χ0n) is 8.91. The summed E-state index contributed by atoms with van der Waals surface area (Å²) in [5.41, 5.74) is 0.225. The molecule has 88 valence electrons. The van der Waals surface area contributed by atoms with Crippen molar-refractivity contribution in [2.24, 2.45) is 0 Å². The van der Waals surface area contributed by atoms with Crippen molar-refractivity contribution in [2.45, 2.75) is 11.8 Å². The third kappa shape index (κ3) is 2.17. The summed E-state index contributed by atoms with van der Waals surface area (Å²) in [6, 6.07) is 4.04. The van der Waals surface area contributed by atoms with E-state index in [1.54, 1.807) is 6.07 Å². The topological polar surface area (TPSA) is 84.3 Å². The van der Waals surface area contributed by atoms with Crippen molar-refractivity contribution >= 4 is 26.7 Å². The normalized spacial score (nSPS) is 11.6. The summed E-state index contributed by atoms with van der Waals surface area (Å²) in [6.07, 6.45) is 2.97. The van der Waals surface area contributed by atoms with Crippen molar-refractivity contribution in [3.05, 3.63) is 36.2 Å². The lowest BCUT2D eigenvalue weighted by atomic mass is 10.0. The predicted octanol–water partition coefficient (Wildman–Crippen LogP) is 1.68. The van der Waals surface area contributed by atoms with Crippen LogP contribution in [0, 0.1) is 0 Å². The van der Waals surface area contributed by atoms with Gasteiger partial charge in [0.05, 0.1) is 4.90 Å². The molecule has 1 aromatic carbocycles. The molecule has 0 unspecified atom stereocenters. The Labute approximate surface area is 97.9 Å². The van der Waals surface area contributed by atoms with E-state index in [4.69, 9.17) is 4.55 Å². The molecule has 2 rings (SSSR count). The highest BCUT2D eigenvalue weighted by Crippen LogP contribution is 2.23. The van der Waals surface area contributed by atoms with Gasteiger partial charge in [0, 0.05) is 23.3 Å². The van der Waals surface area contributed by atoms with Crippen molar-refractivity contribution in [3.8, 4) is 0 Å². The molecule has 0 aliphatic heterocycles. The summed E-state index contributed by atoms with van der Waals surface area (Å²) >= 11 is 0. The summed E-state index contributed by atoms with van der Waals surface area (Å²) < 4.78 is 31.2. The number of aromatic nitrogens is 1. The first kappa shape index (κ1) is 11.7. The van der Waals surface area contributed by atoms with E-state index in [9.17, 15) is 13.2 Å². The molecule has 0 spiro atoms. The smallest absolute Gasteiger partial charge is 0.294 e. The molecule has 5 nitrogen and oxygen atoms in total. The first-order valence-electron chi connectivity index (χ1n) is 4.76. The first-order valence-corrected chi connectivity index (χ1v) is 6.20. The van der Waals surface area contributed by atoms with Crippen LogP contribution in [0.15, 0.2) is 35.5 Å². The number of carbonyl (C=O) groups excluding carboxylic acids is 1. The van der Waals surface area contributed by atoms with Gasteiger partial charge in [-0.15, -0.1) is 0 Å². The Hall–Kier alpha value is -1.79. The van der Waals surface area contributed by atoms with Gasteiger partial charge in [-0.3, -0.25) is 14.3 Å². The Morgan fingerprint density at radius 3 is 2.65 bits per heavy atom. The molecule has 0 radical (unpaired) electrons. The van der Waals surface area contributed by atoms with Crippen LogP contribution in [-0.4, -0.2) is 23.7 Å². The molecule has 1 heterocycles. The zero-order valence-corrected chi connectivity index (χ0v) is 9.73. The maximum Gasteiger partial charge on any atom is 0.294 e. The Bertz CT molecular complexity index is 706. The van der Waals surface area contributed by atoms with Crippen LogP contribution in [0.1, 0.15) is 17.3 Å². The van der Waals surface area contributed by atoms with Gasteiger partial charge in [-0.25, -0.2) is 0 Å². The standard InChI is InChI=1S/C11H9NO4S/c1-7(13)10-5-9(17(14,15)16)4-8-2-3-12-6-11(8)10/h2-6H,1H3,(H,14,15,16). The maximum atomic E-state index is 11.4. The predicted molar refractivity (Wildman–Crippen MR) is 61.6 cm³/mol. The van der Waals surface area contributed by atoms with E-state index in [0.717, 1.165) is 6.07 Å². The van der Waals surface area contributed by atoms with Gasteiger partial charge in [0.15, 0.2) is 5.78 Å². The van der Waals surface area contributed by atoms with Gasteiger partial charge in [0.2, 0.25) is 0 Å². The second-order valence-corrected chi connectivity index (χ2v) is 5.02. The van der Waals surface area contributed by atoms with Crippen molar-refractivity contribution in [3.63, 3.8) is 0 Å². The third-order valence-electron chi connectivity index (χ3n) is 2.41. The minimum atomic E-state index is -4.32. The van der Waals surface area contributed by atoms with E-state index in [2.05, 4.69) is 4.98 Å². The highest BCUT2D eigenvalue weighted by atomic mass is 32.2. The van der Waals surface area contributed by atoms with Gasteiger partial charge >= 0.3 is 0 Å². The quantitative estimate of drug-likeness (QED) is 0.648. The van der Waals surface area contributed by atoms with Crippen molar-refractivity contribution in [1.82, 2.24) is 4.98 Å². The Morgan fingerprint density at radius 2 is 2.06 bits per heavy atom. The van der Waals surface area contributed by atoms with Gasteiger partial charge in [0.1, 0.15) is 0 Å². The molecule has 1 aromatic heterocycles. The minimum absolute atomic E-state index is 0.225. The lowest BCUT2D eigenvalue weighted by molar-refractivity contribution is 0.101. The van der Waals surface area contributed by atoms with Gasteiger partial charge in [-0.2, -0.15) is 8.42 Å². The number of hydrogen-bond donors (Lipinski definition) is 1. The fourth-order valence-corrected chi connectivity index (χ4v) is 2.15. The highest BCUT2D eigenvalue weighted by Gasteiger charge is 2.15. The van der Waals surface area contributed by atoms with Gasteiger partial charge in [-0.05, 0) is 30.5 Å². The van der Waals surface area contributed by atoms with Crippen molar-refractivity contribution in [1.29, 1.82) is 0 Å². The number of nitrogens with zero attached hydrogens (tertiary/aromatic N) is 1. The Morgan fingerprint density at radius 1 is 1.35 bits per heavy atom. The second-order valence-electron chi connectivity index (χ2n) is 3.60. The van der Waals surface area contributed by atoms with Crippen molar-refractivity contribution in [2.75, 3.05) is 0 Å². The van der Waals surface area contributed by atoms with Crippen LogP contribution in [0.25, 0.3) is 10.8 Å². The lowest BCUT2D eigenvalue weighted by Crippen LogP contribution is -2.02. The number of rotatable bonds is 2. The van der Waals surface area contributed by atoms with Crippen LogP contribution >= 0.6 is 0 Å². The molecule has 6 heteroatoms. The Balaban J connectivity index is 2.90. The molecule has 1 N–H and O–H groups in total. The van der Waals surface area contributed by atoms with E-state index >= 15 is 0 Å². The van der Waals surface area contributed by atoms with Crippen LogP contribution in [0.2, 0.25) is 0 Å². The molecule has 0 aliphatic rings. The monoisotopic (exact) mass is 251 g/mol. The fourth-order valence-electron chi connectivity index (χ4n) is 1.61. The van der Waals surface area contributed by atoms with Gasteiger partial charge < -0.3 is 0 Å². The SMILES string of the molecule is CC(=O)c1cc(S(=O)(=O)O)cc2ccncc12. The molecule has 0 bridgehead atoms. The second kappa shape index (κ2) is 3.90. The summed E-state index contributed by atoms with van der Waals surface area (Å²) in [7, 11) is -4.32. The van der Waals surface area contributed by atoms with Crippen LogP contribution in [-0.2, 0) is 10.1 Å². The zero-order chi connectivity index (χ0) is 12.6. The van der Waals surface area contributed by atoms with E-state index in [1.165, 1.54) is 25.4 Å². The number of carbonyl (C=O) groups is 1. The molecule has 0 aliphatic carbocycles. The number of hydrogen-bond acceptors (Lipinski definition) is 4. The Kier molecular flexibility index (Phi) is 2.68. The average Bonchev–Trinajstić information content (AvgIpc) is 2.26. The molecule has 0 saturated heterocycles. The number of pyridine rings is 1. The summed E-state index contributed by atoms with van der Waals surface area (Å²) in [5.74, 6) is -0.284.